The second-order valence-electron chi connectivity index (χ2n) is 3.60. The number of hydrogen-bond acceptors (Lipinski definition) is 2. The minimum Gasteiger partial charge on any atom is -0.314 e. The average Bonchev–Trinajstić information content (AvgIpc) is 2.04. The van der Waals surface area contributed by atoms with Crippen molar-refractivity contribution in [2.24, 2.45) is 0 Å². The molecule has 66 valence electrons. The molecule has 1 fully saturated rings. The fraction of sp³-hybridized carbons (Fsp3) is 1.00. The van der Waals surface area contributed by atoms with Crippen LogP contribution in [0.1, 0.15) is 27.2 Å². The van der Waals surface area contributed by atoms with Crippen molar-refractivity contribution in [3.05, 3.63) is 0 Å². The molecule has 0 aromatic carbocycles. The summed E-state index contributed by atoms with van der Waals surface area (Å²) in [7, 11) is 0. The number of rotatable bonds is 2. The summed E-state index contributed by atoms with van der Waals surface area (Å²) < 4.78 is 0. The van der Waals surface area contributed by atoms with Crippen LogP contribution in [-0.4, -0.2) is 36.6 Å². The highest BCUT2D eigenvalue weighted by atomic mass is 15.2. The lowest BCUT2D eigenvalue weighted by atomic mass is 10.1. The third-order valence-corrected chi connectivity index (χ3v) is 2.53. The van der Waals surface area contributed by atoms with Crippen LogP contribution in [0.25, 0.3) is 0 Å². The van der Waals surface area contributed by atoms with E-state index in [0.29, 0.717) is 6.04 Å². The van der Waals surface area contributed by atoms with Crippen molar-refractivity contribution in [3.63, 3.8) is 0 Å². The molecule has 1 N–H and O–H groups in total. The number of hydrogen-bond donors (Lipinski definition) is 1. The number of nitrogens with one attached hydrogen (secondary N) is 1. The van der Waals surface area contributed by atoms with Crippen molar-refractivity contribution in [1.82, 2.24) is 10.2 Å². The molecule has 0 bridgehead atoms. The molecule has 11 heavy (non-hydrogen) atoms. The summed E-state index contributed by atoms with van der Waals surface area (Å²) in [5, 5.41) is 3.43. The average molecular weight is 156 g/mol. The van der Waals surface area contributed by atoms with Gasteiger partial charge in [-0.2, -0.15) is 0 Å². The third-order valence-electron chi connectivity index (χ3n) is 2.53. The predicted octanol–water partition coefficient (Wildman–Crippen LogP) is 1.08. The normalized spacial score (nSPS) is 27.8. The lowest BCUT2D eigenvalue weighted by molar-refractivity contribution is 0.120. The quantitative estimate of drug-likeness (QED) is 0.643. The molecule has 1 unspecified atom stereocenters. The molecule has 1 rings (SSSR count). The molecule has 2 nitrogen and oxygen atoms in total. The standard InChI is InChI=1S/C9H20N2/c1-4-9-7-10-5-6-11(9)8(2)3/h8-10H,4-7H2,1-3H3. The maximum absolute atomic E-state index is 3.43. The van der Waals surface area contributed by atoms with Crippen molar-refractivity contribution in [3.8, 4) is 0 Å². The van der Waals surface area contributed by atoms with Crippen LogP contribution in [0.5, 0.6) is 0 Å². The maximum Gasteiger partial charge on any atom is 0.0221 e. The molecule has 0 radical (unpaired) electrons. The largest absolute Gasteiger partial charge is 0.314 e. The molecular weight excluding hydrogens is 136 g/mol. The van der Waals surface area contributed by atoms with Crippen LogP contribution >= 0.6 is 0 Å². The molecular formula is C9H20N2. The summed E-state index contributed by atoms with van der Waals surface area (Å²) in [5.74, 6) is 0. The van der Waals surface area contributed by atoms with Crippen LogP contribution in [0.15, 0.2) is 0 Å². The molecule has 0 aromatic heterocycles. The van der Waals surface area contributed by atoms with E-state index in [2.05, 4.69) is 31.0 Å². The topological polar surface area (TPSA) is 15.3 Å². The summed E-state index contributed by atoms with van der Waals surface area (Å²) in [6.07, 6.45) is 1.27. The summed E-state index contributed by atoms with van der Waals surface area (Å²) in [5.41, 5.74) is 0. The molecule has 1 heterocycles. The van der Waals surface area contributed by atoms with E-state index >= 15 is 0 Å². The Kier molecular flexibility index (Phi) is 3.34. The molecule has 0 spiro atoms. The van der Waals surface area contributed by atoms with Gasteiger partial charge in [0.2, 0.25) is 0 Å². The van der Waals surface area contributed by atoms with Gasteiger partial charge in [-0.15, -0.1) is 0 Å². The van der Waals surface area contributed by atoms with Gasteiger partial charge in [0.05, 0.1) is 0 Å². The molecule has 1 aliphatic heterocycles. The minimum atomic E-state index is 0.710. The van der Waals surface area contributed by atoms with Crippen LogP contribution < -0.4 is 5.32 Å². The van der Waals surface area contributed by atoms with Crippen LogP contribution in [0.2, 0.25) is 0 Å². The Balaban J connectivity index is 2.44. The Morgan fingerprint density at radius 3 is 2.73 bits per heavy atom. The molecule has 0 saturated carbocycles. The van der Waals surface area contributed by atoms with Crippen LogP contribution in [-0.2, 0) is 0 Å². The van der Waals surface area contributed by atoms with Gasteiger partial charge in [-0.05, 0) is 20.3 Å². The first kappa shape index (κ1) is 9.01. The zero-order valence-electron chi connectivity index (χ0n) is 7.93. The van der Waals surface area contributed by atoms with Crippen molar-refractivity contribution in [2.45, 2.75) is 39.3 Å². The van der Waals surface area contributed by atoms with Gasteiger partial charge < -0.3 is 5.32 Å². The van der Waals surface area contributed by atoms with Crippen LogP contribution in [0, 0.1) is 0 Å². The van der Waals surface area contributed by atoms with Crippen LogP contribution in [0.4, 0.5) is 0 Å². The van der Waals surface area contributed by atoms with Crippen molar-refractivity contribution >= 4 is 0 Å². The number of nitrogens with zero attached hydrogens (tertiary/aromatic N) is 1. The van der Waals surface area contributed by atoms with Gasteiger partial charge in [0.15, 0.2) is 0 Å². The molecule has 1 saturated heterocycles. The Hall–Kier alpha value is -0.0800. The van der Waals surface area contributed by atoms with E-state index < -0.39 is 0 Å². The first-order valence-corrected chi connectivity index (χ1v) is 4.72. The van der Waals surface area contributed by atoms with Gasteiger partial charge in [-0.25, -0.2) is 0 Å². The maximum atomic E-state index is 3.43. The van der Waals surface area contributed by atoms with E-state index in [9.17, 15) is 0 Å². The fourth-order valence-corrected chi connectivity index (χ4v) is 1.84. The molecule has 2 heteroatoms. The predicted molar refractivity (Wildman–Crippen MR) is 48.8 cm³/mol. The summed E-state index contributed by atoms with van der Waals surface area (Å²) in [6.45, 7) is 10.4. The molecule has 0 amide bonds. The summed E-state index contributed by atoms with van der Waals surface area (Å²) in [6, 6.07) is 1.48. The first-order chi connectivity index (χ1) is 5.25. The van der Waals surface area contributed by atoms with Crippen molar-refractivity contribution in [1.29, 1.82) is 0 Å². The van der Waals surface area contributed by atoms with Gasteiger partial charge in [0.1, 0.15) is 0 Å². The van der Waals surface area contributed by atoms with Crippen LogP contribution in [0.3, 0.4) is 0 Å². The van der Waals surface area contributed by atoms with Crippen molar-refractivity contribution in [2.75, 3.05) is 19.6 Å². The molecule has 1 atom stereocenters. The monoisotopic (exact) mass is 156 g/mol. The summed E-state index contributed by atoms with van der Waals surface area (Å²) >= 11 is 0. The van der Waals surface area contributed by atoms with E-state index in [1.165, 1.54) is 19.5 Å². The molecule has 0 aromatic rings. The third kappa shape index (κ3) is 2.17. The lowest BCUT2D eigenvalue weighted by Gasteiger charge is -2.38. The second kappa shape index (κ2) is 4.07. The fourth-order valence-electron chi connectivity index (χ4n) is 1.84. The first-order valence-electron chi connectivity index (χ1n) is 4.72. The number of piperazine rings is 1. The van der Waals surface area contributed by atoms with Gasteiger partial charge in [-0.3, -0.25) is 4.90 Å². The highest BCUT2D eigenvalue weighted by molar-refractivity contribution is 4.80. The molecule has 0 aliphatic carbocycles. The van der Waals surface area contributed by atoms with E-state index in [0.717, 1.165) is 12.6 Å². The Morgan fingerprint density at radius 1 is 1.55 bits per heavy atom. The van der Waals surface area contributed by atoms with E-state index in [-0.39, 0.29) is 0 Å². The minimum absolute atomic E-state index is 0.710. The van der Waals surface area contributed by atoms with Gasteiger partial charge in [0.25, 0.3) is 0 Å². The van der Waals surface area contributed by atoms with Gasteiger partial charge in [-0.1, -0.05) is 6.92 Å². The Labute approximate surface area is 70.0 Å². The smallest absolute Gasteiger partial charge is 0.0221 e. The lowest BCUT2D eigenvalue weighted by Crippen LogP contribution is -2.53. The van der Waals surface area contributed by atoms with E-state index in [4.69, 9.17) is 0 Å². The summed E-state index contributed by atoms with van der Waals surface area (Å²) in [4.78, 5) is 2.59. The van der Waals surface area contributed by atoms with E-state index in [1.54, 1.807) is 0 Å². The zero-order valence-corrected chi connectivity index (χ0v) is 7.93. The highest BCUT2D eigenvalue weighted by Gasteiger charge is 2.21. The molecule has 1 aliphatic rings. The van der Waals surface area contributed by atoms with Gasteiger partial charge in [0, 0.05) is 31.7 Å². The highest BCUT2D eigenvalue weighted by Crippen LogP contribution is 2.10. The second-order valence-corrected chi connectivity index (χ2v) is 3.60. The zero-order chi connectivity index (χ0) is 8.27. The van der Waals surface area contributed by atoms with Crippen molar-refractivity contribution < 1.29 is 0 Å². The SMILES string of the molecule is CCC1CNCCN1C(C)C. The van der Waals surface area contributed by atoms with E-state index in [1.807, 2.05) is 0 Å². The Morgan fingerprint density at radius 2 is 2.27 bits per heavy atom. The van der Waals surface area contributed by atoms with Gasteiger partial charge >= 0.3 is 0 Å². The Bertz CT molecular complexity index is 112.